The van der Waals surface area contributed by atoms with Crippen molar-refractivity contribution in [2.75, 3.05) is 26.2 Å². The summed E-state index contributed by atoms with van der Waals surface area (Å²) in [5, 5.41) is 3.28. The number of carbonyl (C=O) groups is 1. The van der Waals surface area contributed by atoms with Gasteiger partial charge in [0.15, 0.2) is 0 Å². The van der Waals surface area contributed by atoms with E-state index in [-0.39, 0.29) is 37.4 Å². The summed E-state index contributed by atoms with van der Waals surface area (Å²) in [6, 6.07) is 13.4. The number of halogens is 4. The monoisotopic (exact) mass is 508 g/mol. The number of benzene rings is 2. The molecule has 2 aromatic carbocycles. The van der Waals surface area contributed by atoms with Crippen molar-refractivity contribution in [3.05, 3.63) is 60.2 Å². The van der Waals surface area contributed by atoms with Gasteiger partial charge in [-0.05, 0) is 36.2 Å². The van der Waals surface area contributed by atoms with Crippen LogP contribution < -0.4 is 10.1 Å². The third-order valence-electron chi connectivity index (χ3n) is 4.89. The molecule has 1 N–H and O–H groups in total. The standard InChI is InChI=1S/C21H23F3N2O5S.ClH/c22-21(23,24)32(28,29)19-8-6-18(7-9-19)30-13-10-17-14-26(12-11-25-17)20(27)31-15-16-4-2-1-3-5-16;/h1-9,17,25H,10-15H2;1H/t17-;/m1./s1. The maximum absolute atomic E-state index is 12.6. The lowest BCUT2D eigenvalue weighted by atomic mass is 10.1. The molecule has 3 rings (SSSR count). The smallest absolute Gasteiger partial charge is 0.494 e. The minimum absolute atomic E-state index is 0. The Hall–Kier alpha value is -2.50. The second-order valence-corrected chi connectivity index (χ2v) is 9.14. The zero-order valence-corrected chi connectivity index (χ0v) is 19.1. The first kappa shape index (κ1) is 26.7. The zero-order chi connectivity index (χ0) is 23.2. The number of hydrogen-bond acceptors (Lipinski definition) is 6. The number of amides is 1. The van der Waals surface area contributed by atoms with Gasteiger partial charge in [-0.15, -0.1) is 12.4 Å². The van der Waals surface area contributed by atoms with Crippen LogP contribution in [0.15, 0.2) is 59.5 Å². The van der Waals surface area contributed by atoms with Gasteiger partial charge in [-0.1, -0.05) is 30.3 Å². The molecular weight excluding hydrogens is 485 g/mol. The van der Waals surface area contributed by atoms with E-state index in [1.807, 2.05) is 30.3 Å². The normalized spacial score (nSPS) is 16.6. The van der Waals surface area contributed by atoms with Crippen LogP contribution in [0.25, 0.3) is 0 Å². The highest BCUT2D eigenvalue weighted by atomic mass is 35.5. The molecule has 0 radical (unpaired) electrons. The molecule has 1 aliphatic rings. The van der Waals surface area contributed by atoms with Crippen molar-refractivity contribution in [2.24, 2.45) is 0 Å². The van der Waals surface area contributed by atoms with Gasteiger partial charge in [-0.3, -0.25) is 0 Å². The Labute approximate surface area is 196 Å². The van der Waals surface area contributed by atoms with Crippen LogP contribution >= 0.6 is 12.4 Å². The van der Waals surface area contributed by atoms with Gasteiger partial charge in [0.05, 0.1) is 11.5 Å². The van der Waals surface area contributed by atoms with E-state index in [1.54, 1.807) is 4.90 Å². The van der Waals surface area contributed by atoms with Crippen LogP contribution in [-0.2, 0) is 21.2 Å². The number of carbonyl (C=O) groups excluding carboxylic acids is 1. The lowest BCUT2D eigenvalue weighted by molar-refractivity contribution is -0.0436. The number of alkyl halides is 3. The minimum atomic E-state index is -5.38. The number of rotatable bonds is 7. The summed E-state index contributed by atoms with van der Waals surface area (Å²) in [4.78, 5) is 13.1. The van der Waals surface area contributed by atoms with Crippen molar-refractivity contribution < 1.29 is 35.9 Å². The third-order valence-corrected chi connectivity index (χ3v) is 6.39. The van der Waals surface area contributed by atoms with Crippen molar-refractivity contribution >= 4 is 28.3 Å². The molecule has 0 aromatic heterocycles. The van der Waals surface area contributed by atoms with Crippen LogP contribution in [0.5, 0.6) is 5.75 Å². The molecule has 0 bridgehead atoms. The Morgan fingerprint density at radius 2 is 1.76 bits per heavy atom. The van der Waals surface area contributed by atoms with Crippen molar-refractivity contribution in [1.82, 2.24) is 10.2 Å². The number of sulfone groups is 1. The summed E-state index contributed by atoms with van der Waals surface area (Å²) in [6.45, 7) is 1.96. The van der Waals surface area contributed by atoms with Gasteiger partial charge in [0.25, 0.3) is 9.84 Å². The van der Waals surface area contributed by atoms with Gasteiger partial charge in [0, 0.05) is 25.7 Å². The summed E-state index contributed by atoms with van der Waals surface area (Å²) in [5.41, 5.74) is -4.45. The van der Waals surface area contributed by atoms with Crippen LogP contribution in [0.2, 0.25) is 0 Å². The molecule has 0 saturated carbocycles. The Kier molecular flexibility index (Phi) is 9.38. The molecule has 33 heavy (non-hydrogen) atoms. The van der Waals surface area contributed by atoms with Crippen LogP contribution in [0.4, 0.5) is 18.0 Å². The lowest BCUT2D eigenvalue weighted by Crippen LogP contribution is -2.53. The molecule has 1 fully saturated rings. The fourth-order valence-electron chi connectivity index (χ4n) is 3.16. The number of nitrogens with one attached hydrogen (secondary N) is 1. The van der Waals surface area contributed by atoms with E-state index in [0.717, 1.165) is 17.7 Å². The molecule has 1 aliphatic heterocycles. The average Bonchev–Trinajstić information content (AvgIpc) is 2.78. The second kappa shape index (κ2) is 11.6. The van der Waals surface area contributed by atoms with E-state index in [9.17, 15) is 26.4 Å². The van der Waals surface area contributed by atoms with Gasteiger partial charge in [0.1, 0.15) is 12.4 Å². The summed E-state index contributed by atoms with van der Waals surface area (Å²) in [5.74, 6) is 0.251. The van der Waals surface area contributed by atoms with E-state index in [2.05, 4.69) is 5.32 Å². The first-order chi connectivity index (χ1) is 15.2. The predicted molar refractivity (Wildman–Crippen MR) is 117 cm³/mol. The van der Waals surface area contributed by atoms with Crippen LogP contribution in [0, 0.1) is 0 Å². The largest absolute Gasteiger partial charge is 0.501 e. The molecule has 7 nitrogen and oxygen atoms in total. The third kappa shape index (κ3) is 7.24. The molecule has 1 heterocycles. The topological polar surface area (TPSA) is 84.9 Å². The van der Waals surface area contributed by atoms with Crippen molar-refractivity contribution in [3.63, 3.8) is 0 Å². The maximum Gasteiger partial charge on any atom is 0.501 e. The molecule has 2 aromatic rings. The summed E-state index contributed by atoms with van der Waals surface area (Å²) >= 11 is 0. The van der Waals surface area contributed by atoms with Gasteiger partial charge < -0.3 is 19.7 Å². The van der Waals surface area contributed by atoms with Crippen LogP contribution in [-0.4, -0.2) is 57.2 Å². The summed E-state index contributed by atoms with van der Waals surface area (Å²) in [6.07, 6.45) is 0.133. The predicted octanol–water partition coefficient (Wildman–Crippen LogP) is 3.78. The fraction of sp³-hybridized carbons (Fsp3) is 0.381. The molecular formula is C21H24ClF3N2O5S. The summed E-state index contributed by atoms with van der Waals surface area (Å²) < 4.78 is 71.4. The van der Waals surface area contributed by atoms with Gasteiger partial charge in [0.2, 0.25) is 0 Å². The zero-order valence-electron chi connectivity index (χ0n) is 17.5. The first-order valence-corrected chi connectivity index (χ1v) is 11.4. The highest BCUT2D eigenvalue weighted by Crippen LogP contribution is 2.31. The number of piperazine rings is 1. The Morgan fingerprint density at radius 1 is 1.09 bits per heavy atom. The van der Waals surface area contributed by atoms with Crippen LogP contribution in [0.1, 0.15) is 12.0 Å². The summed E-state index contributed by atoms with van der Waals surface area (Å²) in [7, 11) is -5.38. The SMILES string of the molecule is Cl.O=C(OCc1ccccc1)N1CCN[C@H](CCOc2ccc(S(=O)(=O)C(F)(F)F)cc2)C1. The Bertz CT molecular complexity index is 1000. The molecule has 1 atom stereocenters. The molecule has 0 unspecified atom stereocenters. The van der Waals surface area contributed by atoms with Gasteiger partial charge in [-0.2, -0.15) is 13.2 Å². The highest BCUT2D eigenvalue weighted by molar-refractivity contribution is 7.92. The van der Waals surface area contributed by atoms with Crippen molar-refractivity contribution in [1.29, 1.82) is 0 Å². The van der Waals surface area contributed by atoms with Crippen LogP contribution in [0.3, 0.4) is 0 Å². The first-order valence-electron chi connectivity index (χ1n) is 9.90. The molecule has 12 heteroatoms. The molecule has 1 amide bonds. The van der Waals surface area contributed by atoms with Gasteiger partial charge in [-0.25, -0.2) is 13.2 Å². The van der Waals surface area contributed by atoms with Crippen molar-refractivity contribution in [3.8, 4) is 5.75 Å². The van der Waals surface area contributed by atoms with E-state index in [4.69, 9.17) is 9.47 Å². The molecule has 182 valence electrons. The Morgan fingerprint density at radius 3 is 2.39 bits per heavy atom. The highest BCUT2D eigenvalue weighted by Gasteiger charge is 2.46. The quantitative estimate of drug-likeness (QED) is 0.612. The fourth-order valence-corrected chi connectivity index (χ4v) is 3.92. The van der Waals surface area contributed by atoms with Crippen molar-refractivity contribution in [2.45, 2.75) is 29.5 Å². The van der Waals surface area contributed by atoms with E-state index >= 15 is 0 Å². The van der Waals surface area contributed by atoms with Gasteiger partial charge >= 0.3 is 11.6 Å². The molecule has 0 spiro atoms. The van der Waals surface area contributed by atoms with E-state index < -0.39 is 26.3 Å². The number of nitrogens with zero attached hydrogens (tertiary/aromatic N) is 1. The minimum Gasteiger partial charge on any atom is -0.494 e. The maximum atomic E-state index is 12.6. The molecule has 1 saturated heterocycles. The lowest BCUT2D eigenvalue weighted by Gasteiger charge is -2.33. The number of ether oxygens (including phenoxy) is 2. The van der Waals surface area contributed by atoms with E-state index in [0.29, 0.717) is 26.1 Å². The average molecular weight is 509 g/mol. The van der Waals surface area contributed by atoms with E-state index in [1.165, 1.54) is 12.1 Å². The second-order valence-electron chi connectivity index (χ2n) is 7.19. The molecule has 0 aliphatic carbocycles. The number of hydrogen-bond donors (Lipinski definition) is 1. The Balaban J connectivity index is 0.00000385.